The number of fused-ring (bicyclic) bond motifs is 1. The highest BCUT2D eigenvalue weighted by molar-refractivity contribution is 7.22. The Bertz CT molecular complexity index is 1670. The molecule has 0 aliphatic heterocycles. The molecule has 0 bridgehead atoms. The molecule has 0 fully saturated rings. The lowest BCUT2D eigenvalue weighted by atomic mass is 10.2. The van der Waals surface area contributed by atoms with Gasteiger partial charge in [-0.3, -0.25) is 14.6 Å². The second kappa shape index (κ2) is 10.4. The van der Waals surface area contributed by atoms with Crippen LogP contribution in [-0.4, -0.2) is 33.4 Å². The summed E-state index contributed by atoms with van der Waals surface area (Å²) in [5.41, 5.74) is 1.70. The van der Waals surface area contributed by atoms with Gasteiger partial charge in [-0.15, -0.1) is 11.3 Å². The number of carbonyl (C=O) groups excluding carboxylic acids is 2. The average molecular weight is 534 g/mol. The summed E-state index contributed by atoms with van der Waals surface area (Å²) in [5, 5.41) is 2.49. The molecule has 0 saturated heterocycles. The lowest BCUT2D eigenvalue weighted by molar-refractivity contribution is -0.125. The van der Waals surface area contributed by atoms with Crippen molar-refractivity contribution in [2.75, 3.05) is 17.3 Å². The van der Waals surface area contributed by atoms with E-state index in [1.165, 1.54) is 48.7 Å². The van der Waals surface area contributed by atoms with Crippen molar-refractivity contribution >= 4 is 44.7 Å². The van der Waals surface area contributed by atoms with E-state index in [9.17, 15) is 18.4 Å². The third-order valence-corrected chi connectivity index (χ3v) is 6.83. The third kappa shape index (κ3) is 5.23. The zero-order valence-electron chi connectivity index (χ0n) is 20.3. The normalized spacial score (nSPS) is 10.9. The number of anilines is 2. The molecular formula is C27H21F2N5O3S. The van der Waals surface area contributed by atoms with Gasteiger partial charge in [0, 0.05) is 44.3 Å². The zero-order valence-corrected chi connectivity index (χ0v) is 21.1. The number of hydrogen-bond donors (Lipinski definition) is 1. The van der Waals surface area contributed by atoms with Crippen LogP contribution < -0.4 is 15.0 Å². The number of nitrogens with one attached hydrogen (secondary N) is 1. The van der Waals surface area contributed by atoms with Crippen LogP contribution in [0.3, 0.4) is 0 Å². The first-order valence-corrected chi connectivity index (χ1v) is 12.3. The smallest absolute Gasteiger partial charge is 0.236 e. The lowest BCUT2D eigenvalue weighted by Crippen LogP contribution is -2.30. The number of thiophene rings is 1. The van der Waals surface area contributed by atoms with Gasteiger partial charge in [0.25, 0.3) is 0 Å². The van der Waals surface area contributed by atoms with E-state index in [0.29, 0.717) is 11.3 Å². The van der Waals surface area contributed by atoms with Crippen LogP contribution in [0.5, 0.6) is 11.5 Å². The number of pyridine rings is 1. The molecule has 3 heterocycles. The van der Waals surface area contributed by atoms with Crippen molar-refractivity contribution in [3.63, 3.8) is 0 Å². The number of amides is 2. The van der Waals surface area contributed by atoms with Crippen molar-refractivity contribution in [2.45, 2.75) is 6.42 Å². The first-order valence-electron chi connectivity index (χ1n) is 11.4. The Hall–Kier alpha value is -4.64. The van der Waals surface area contributed by atoms with Crippen LogP contribution in [0.2, 0.25) is 0 Å². The summed E-state index contributed by atoms with van der Waals surface area (Å²) < 4.78 is 37.3. The van der Waals surface area contributed by atoms with Gasteiger partial charge >= 0.3 is 0 Å². The zero-order chi connectivity index (χ0) is 26.8. The summed E-state index contributed by atoms with van der Waals surface area (Å²) in [7, 11) is 3.26. The highest BCUT2D eigenvalue weighted by atomic mass is 32.1. The summed E-state index contributed by atoms with van der Waals surface area (Å²) in [4.78, 5) is 35.5. The quantitative estimate of drug-likeness (QED) is 0.269. The average Bonchev–Trinajstić information content (AvgIpc) is 3.52. The Morgan fingerprint density at radius 2 is 1.87 bits per heavy atom. The molecular weight excluding hydrogens is 512 g/mol. The van der Waals surface area contributed by atoms with Gasteiger partial charge in [-0.05, 0) is 30.3 Å². The van der Waals surface area contributed by atoms with Gasteiger partial charge < -0.3 is 19.5 Å². The standard InChI is InChI=1S/C27H21F2N5O3S/c1-33-14-20(31-15-33)24-12-19-27(38-24)23(9-10-30-19)37-22-8-7-16(11-18(22)29)32-25(35)13-26(36)34(2)21-6-4-3-5-17(21)28/h3-12,14-15H,13H2,1-2H3,(H,32,35). The molecule has 0 aliphatic carbocycles. The van der Waals surface area contributed by atoms with E-state index in [1.807, 2.05) is 23.9 Å². The lowest BCUT2D eigenvalue weighted by Gasteiger charge is -2.17. The van der Waals surface area contributed by atoms with Crippen molar-refractivity contribution in [1.29, 1.82) is 0 Å². The van der Waals surface area contributed by atoms with E-state index in [-0.39, 0.29) is 17.1 Å². The molecule has 2 aromatic carbocycles. The van der Waals surface area contributed by atoms with Crippen molar-refractivity contribution in [3.05, 3.63) is 85.0 Å². The van der Waals surface area contributed by atoms with E-state index in [0.717, 1.165) is 26.2 Å². The highest BCUT2D eigenvalue weighted by Crippen LogP contribution is 2.39. The third-order valence-electron chi connectivity index (χ3n) is 5.67. The molecule has 8 nitrogen and oxygen atoms in total. The largest absolute Gasteiger partial charge is 0.453 e. The van der Waals surface area contributed by atoms with Crippen LogP contribution in [0.15, 0.2) is 73.3 Å². The van der Waals surface area contributed by atoms with Crippen LogP contribution >= 0.6 is 11.3 Å². The van der Waals surface area contributed by atoms with Gasteiger partial charge in [0.2, 0.25) is 11.8 Å². The number of benzene rings is 2. The van der Waals surface area contributed by atoms with Gasteiger partial charge in [-0.1, -0.05) is 12.1 Å². The Labute approximate surface area is 220 Å². The monoisotopic (exact) mass is 533 g/mol. The maximum atomic E-state index is 14.9. The first kappa shape index (κ1) is 25.0. The predicted molar refractivity (Wildman–Crippen MR) is 141 cm³/mol. The number of hydrogen-bond acceptors (Lipinski definition) is 6. The number of halogens is 2. The maximum absolute atomic E-state index is 14.9. The molecule has 192 valence electrons. The van der Waals surface area contributed by atoms with Crippen LogP contribution in [0.4, 0.5) is 20.2 Å². The fourth-order valence-corrected chi connectivity index (χ4v) is 4.79. The number of nitrogens with zero attached hydrogens (tertiary/aromatic N) is 4. The van der Waals surface area contributed by atoms with Crippen LogP contribution in [0.1, 0.15) is 6.42 Å². The van der Waals surface area contributed by atoms with E-state index in [2.05, 4.69) is 15.3 Å². The topological polar surface area (TPSA) is 89.4 Å². The molecule has 0 unspecified atom stereocenters. The van der Waals surface area contributed by atoms with Gasteiger partial charge in [0.15, 0.2) is 11.6 Å². The molecule has 11 heteroatoms. The van der Waals surface area contributed by atoms with Crippen molar-refractivity contribution in [3.8, 4) is 22.1 Å². The fourth-order valence-electron chi connectivity index (χ4n) is 3.76. The number of ether oxygens (including phenoxy) is 1. The molecule has 0 spiro atoms. The number of aromatic nitrogens is 3. The number of carbonyl (C=O) groups is 2. The number of para-hydroxylation sites is 1. The molecule has 5 aromatic rings. The molecule has 0 radical (unpaired) electrons. The second-order valence-electron chi connectivity index (χ2n) is 8.43. The maximum Gasteiger partial charge on any atom is 0.236 e. The minimum atomic E-state index is -0.705. The first-order chi connectivity index (χ1) is 18.3. The number of imidazole rings is 1. The minimum Gasteiger partial charge on any atom is -0.453 e. The summed E-state index contributed by atoms with van der Waals surface area (Å²) in [6.45, 7) is 0. The molecule has 5 rings (SSSR count). The number of rotatable bonds is 7. The minimum absolute atomic E-state index is 0.0429. The molecule has 1 N–H and O–H groups in total. The molecule has 0 atom stereocenters. The van der Waals surface area contributed by atoms with Gasteiger partial charge in [-0.25, -0.2) is 13.8 Å². The molecule has 0 aliphatic rings. The molecule has 38 heavy (non-hydrogen) atoms. The molecule has 2 amide bonds. The van der Waals surface area contributed by atoms with Crippen LogP contribution in [0, 0.1) is 11.6 Å². The predicted octanol–water partition coefficient (Wildman–Crippen LogP) is 5.76. The summed E-state index contributed by atoms with van der Waals surface area (Å²) in [6, 6.07) is 13.2. The molecule has 0 saturated carbocycles. The van der Waals surface area contributed by atoms with E-state index in [1.54, 1.807) is 24.7 Å². The fraction of sp³-hybridized carbons (Fsp3) is 0.111. The Kier molecular flexibility index (Phi) is 6.84. The summed E-state index contributed by atoms with van der Waals surface area (Å²) in [6.07, 6.45) is 4.63. The second-order valence-corrected chi connectivity index (χ2v) is 9.49. The van der Waals surface area contributed by atoms with E-state index in [4.69, 9.17) is 4.74 Å². The summed E-state index contributed by atoms with van der Waals surface area (Å²) >= 11 is 1.43. The van der Waals surface area contributed by atoms with Crippen molar-refractivity contribution in [1.82, 2.24) is 14.5 Å². The molecule has 3 aromatic heterocycles. The van der Waals surface area contributed by atoms with Crippen molar-refractivity contribution < 1.29 is 23.1 Å². The van der Waals surface area contributed by atoms with Crippen LogP contribution in [0.25, 0.3) is 20.8 Å². The van der Waals surface area contributed by atoms with E-state index >= 15 is 0 Å². The SMILES string of the molecule is CN(C(=O)CC(=O)Nc1ccc(Oc2ccnc3cc(-c4cn(C)cn4)sc23)c(F)c1)c1ccccc1F. The van der Waals surface area contributed by atoms with E-state index < -0.39 is 29.9 Å². The Balaban J connectivity index is 1.27. The van der Waals surface area contributed by atoms with Crippen LogP contribution in [-0.2, 0) is 16.6 Å². The highest BCUT2D eigenvalue weighted by Gasteiger charge is 2.19. The summed E-state index contributed by atoms with van der Waals surface area (Å²) in [5.74, 6) is -2.18. The van der Waals surface area contributed by atoms with Crippen molar-refractivity contribution in [2.24, 2.45) is 7.05 Å². The Morgan fingerprint density at radius 3 is 2.61 bits per heavy atom. The number of aryl methyl sites for hydroxylation is 1. The van der Waals surface area contributed by atoms with Gasteiger partial charge in [0.1, 0.15) is 18.0 Å². The van der Waals surface area contributed by atoms with Gasteiger partial charge in [-0.2, -0.15) is 0 Å². The Morgan fingerprint density at radius 1 is 1.05 bits per heavy atom. The van der Waals surface area contributed by atoms with Gasteiger partial charge in [0.05, 0.1) is 32.8 Å².